The minimum absolute atomic E-state index is 0.0942. The van der Waals surface area contributed by atoms with Crippen molar-refractivity contribution in [1.82, 2.24) is 4.90 Å². The number of imide groups is 1. The Morgan fingerprint density at radius 2 is 1.88 bits per heavy atom. The van der Waals surface area contributed by atoms with Crippen molar-refractivity contribution in [1.29, 1.82) is 0 Å². The molecule has 0 spiro atoms. The SMILES string of the molecule is CCCCOC(=O)N1C(=O)C(O[Si](C)(C)C(C)(C)C)C[C@@H]1C(=O)OC. The van der Waals surface area contributed by atoms with E-state index in [-0.39, 0.29) is 18.1 Å². The lowest BCUT2D eigenvalue weighted by atomic mass is 10.2. The molecule has 1 heterocycles. The van der Waals surface area contributed by atoms with Crippen molar-refractivity contribution in [2.75, 3.05) is 13.7 Å². The van der Waals surface area contributed by atoms with E-state index in [4.69, 9.17) is 13.9 Å². The van der Waals surface area contributed by atoms with Gasteiger partial charge in [-0.2, -0.15) is 0 Å². The second kappa shape index (κ2) is 8.31. The molecule has 0 aromatic carbocycles. The summed E-state index contributed by atoms with van der Waals surface area (Å²) in [5, 5.41) is -0.0942. The maximum atomic E-state index is 12.7. The molecule has 1 saturated heterocycles. The Hall–Kier alpha value is -1.41. The minimum Gasteiger partial charge on any atom is -0.467 e. The molecule has 0 aliphatic carbocycles. The molecule has 25 heavy (non-hydrogen) atoms. The van der Waals surface area contributed by atoms with Crippen LogP contribution in [0.3, 0.4) is 0 Å². The highest BCUT2D eigenvalue weighted by atomic mass is 28.4. The van der Waals surface area contributed by atoms with Crippen LogP contribution < -0.4 is 0 Å². The fourth-order valence-electron chi connectivity index (χ4n) is 2.28. The highest BCUT2D eigenvalue weighted by molar-refractivity contribution is 6.74. The molecule has 8 heteroatoms. The number of hydrogen-bond donors (Lipinski definition) is 0. The van der Waals surface area contributed by atoms with Crippen LogP contribution in [0.15, 0.2) is 0 Å². The summed E-state index contributed by atoms with van der Waals surface area (Å²) in [5.74, 6) is -1.16. The number of methoxy groups -OCH3 is 1. The fraction of sp³-hybridized carbons (Fsp3) is 0.824. The van der Waals surface area contributed by atoms with Gasteiger partial charge in [-0.25, -0.2) is 14.5 Å². The minimum atomic E-state index is -2.23. The molecule has 2 amide bonds. The van der Waals surface area contributed by atoms with Crippen LogP contribution in [0.25, 0.3) is 0 Å². The number of unbranched alkanes of at least 4 members (excludes halogenated alkanes) is 1. The third kappa shape index (κ3) is 5.04. The zero-order chi connectivity index (χ0) is 19.4. The molecule has 0 radical (unpaired) electrons. The average molecular weight is 374 g/mol. The third-order valence-electron chi connectivity index (χ3n) is 4.90. The number of esters is 1. The average Bonchev–Trinajstić information content (AvgIpc) is 2.82. The first-order chi connectivity index (χ1) is 11.5. The summed E-state index contributed by atoms with van der Waals surface area (Å²) in [6.45, 7) is 12.4. The number of ether oxygens (including phenoxy) is 2. The highest BCUT2D eigenvalue weighted by Gasteiger charge is 2.51. The number of amides is 2. The molecule has 1 aliphatic heterocycles. The predicted molar refractivity (Wildman–Crippen MR) is 95.6 cm³/mol. The van der Waals surface area contributed by atoms with Crippen molar-refractivity contribution >= 4 is 26.3 Å². The molecule has 0 saturated carbocycles. The lowest BCUT2D eigenvalue weighted by Gasteiger charge is -2.37. The van der Waals surface area contributed by atoms with Crippen LogP contribution in [-0.2, 0) is 23.5 Å². The van der Waals surface area contributed by atoms with Gasteiger partial charge in [0.05, 0.1) is 13.7 Å². The zero-order valence-corrected chi connectivity index (χ0v) is 17.4. The molecule has 1 aliphatic rings. The van der Waals surface area contributed by atoms with Crippen LogP contribution in [0, 0.1) is 0 Å². The molecule has 2 atom stereocenters. The normalized spacial score (nSPS) is 21.4. The molecule has 0 aromatic heterocycles. The lowest BCUT2D eigenvalue weighted by molar-refractivity contribution is -0.148. The number of hydrogen-bond acceptors (Lipinski definition) is 6. The number of rotatable bonds is 6. The smallest absolute Gasteiger partial charge is 0.417 e. The number of nitrogens with zero attached hydrogens (tertiary/aromatic N) is 1. The first-order valence-electron chi connectivity index (χ1n) is 8.71. The second-order valence-corrected chi connectivity index (χ2v) is 12.6. The zero-order valence-electron chi connectivity index (χ0n) is 16.4. The summed E-state index contributed by atoms with van der Waals surface area (Å²) in [4.78, 5) is 37.9. The molecule has 0 aromatic rings. The van der Waals surface area contributed by atoms with Gasteiger partial charge in [0.1, 0.15) is 12.1 Å². The van der Waals surface area contributed by atoms with Crippen LogP contribution in [0.1, 0.15) is 47.0 Å². The van der Waals surface area contributed by atoms with Crippen LogP contribution >= 0.6 is 0 Å². The van der Waals surface area contributed by atoms with Crippen LogP contribution in [0.4, 0.5) is 4.79 Å². The Kier molecular flexibility index (Phi) is 7.19. The van der Waals surface area contributed by atoms with Crippen molar-refractivity contribution in [2.45, 2.75) is 77.2 Å². The summed E-state index contributed by atoms with van der Waals surface area (Å²) >= 11 is 0. The summed E-state index contributed by atoms with van der Waals surface area (Å²) in [5.41, 5.74) is 0. The fourth-order valence-corrected chi connectivity index (χ4v) is 3.54. The van der Waals surface area contributed by atoms with Gasteiger partial charge < -0.3 is 13.9 Å². The first-order valence-corrected chi connectivity index (χ1v) is 11.6. The molecule has 144 valence electrons. The standard InChI is InChI=1S/C17H31NO6Si/c1-8-9-10-23-16(21)18-12(15(20)22-5)11-13(14(18)19)24-25(6,7)17(2,3)4/h12-13H,8-11H2,1-7H3/t12-,13?/m1/s1. The molecule has 7 nitrogen and oxygen atoms in total. The topological polar surface area (TPSA) is 82.1 Å². The molecule has 0 bridgehead atoms. The Bertz CT molecular complexity index is 514. The molecular formula is C17H31NO6Si. The van der Waals surface area contributed by atoms with E-state index in [1.807, 2.05) is 20.0 Å². The van der Waals surface area contributed by atoms with E-state index in [0.29, 0.717) is 6.42 Å². The van der Waals surface area contributed by atoms with E-state index in [2.05, 4.69) is 20.8 Å². The largest absolute Gasteiger partial charge is 0.467 e. The monoisotopic (exact) mass is 373 g/mol. The quantitative estimate of drug-likeness (QED) is 0.404. The Labute approximate surface area is 151 Å². The summed E-state index contributed by atoms with van der Waals surface area (Å²) in [6.07, 6.45) is 0.0131. The van der Waals surface area contributed by atoms with Crippen LogP contribution in [0.2, 0.25) is 18.1 Å². The Balaban J connectivity index is 2.97. The van der Waals surface area contributed by atoms with Crippen molar-refractivity contribution in [3.63, 3.8) is 0 Å². The highest BCUT2D eigenvalue weighted by Crippen LogP contribution is 2.39. The maximum absolute atomic E-state index is 12.7. The van der Waals surface area contributed by atoms with E-state index < -0.39 is 38.4 Å². The number of likely N-dealkylation sites (tertiary alicyclic amines) is 1. The summed E-state index contributed by atoms with van der Waals surface area (Å²) in [6, 6.07) is -0.999. The molecule has 1 fully saturated rings. The van der Waals surface area contributed by atoms with Gasteiger partial charge >= 0.3 is 12.1 Å². The summed E-state index contributed by atoms with van der Waals surface area (Å²) < 4.78 is 16.0. The van der Waals surface area contributed by atoms with Crippen LogP contribution in [0.5, 0.6) is 0 Å². The van der Waals surface area contributed by atoms with Crippen molar-refractivity contribution in [3.05, 3.63) is 0 Å². The Morgan fingerprint density at radius 1 is 1.28 bits per heavy atom. The Morgan fingerprint density at radius 3 is 2.36 bits per heavy atom. The first kappa shape index (κ1) is 21.6. The van der Waals surface area contributed by atoms with Crippen molar-refractivity contribution in [3.8, 4) is 0 Å². The van der Waals surface area contributed by atoms with Gasteiger partial charge in [0.15, 0.2) is 8.32 Å². The van der Waals surface area contributed by atoms with Gasteiger partial charge in [0.2, 0.25) is 0 Å². The van der Waals surface area contributed by atoms with E-state index in [0.717, 1.165) is 11.3 Å². The van der Waals surface area contributed by atoms with E-state index in [1.54, 1.807) is 0 Å². The van der Waals surface area contributed by atoms with Crippen molar-refractivity contribution < 1.29 is 28.3 Å². The van der Waals surface area contributed by atoms with E-state index in [1.165, 1.54) is 7.11 Å². The maximum Gasteiger partial charge on any atom is 0.417 e. The van der Waals surface area contributed by atoms with Crippen molar-refractivity contribution in [2.24, 2.45) is 0 Å². The summed E-state index contributed by atoms with van der Waals surface area (Å²) in [7, 11) is -1.00. The second-order valence-electron chi connectivity index (χ2n) is 7.82. The predicted octanol–water partition coefficient (Wildman–Crippen LogP) is 3.09. The number of carbonyl (C=O) groups is 3. The van der Waals surface area contributed by atoms with E-state index >= 15 is 0 Å². The van der Waals surface area contributed by atoms with Gasteiger partial charge in [0, 0.05) is 6.42 Å². The van der Waals surface area contributed by atoms with E-state index in [9.17, 15) is 14.4 Å². The molecule has 0 N–H and O–H groups in total. The third-order valence-corrected chi connectivity index (χ3v) is 9.38. The van der Waals surface area contributed by atoms with Gasteiger partial charge in [-0.15, -0.1) is 0 Å². The number of carbonyl (C=O) groups excluding carboxylic acids is 3. The molecule has 1 unspecified atom stereocenters. The van der Waals surface area contributed by atoms with Gasteiger partial charge in [-0.1, -0.05) is 34.1 Å². The molecule has 1 rings (SSSR count). The van der Waals surface area contributed by atoms with Gasteiger partial charge in [-0.05, 0) is 24.6 Å². The van der Waals surface area contributed by atoms with Crippen LogP contribution in [-0.4, -0.2) is 57.0 Å². The lowest BCUT2D eigenvalue weighted by Crippen LogP contribution is -2.47. The van der Waals surface area contributed by atoms with Gasteiger partial charge in [0.25, 0.3) is 5.91 Å². The molecular weight excluding hydrogens is 342 g/mol. The van der Waals surface area contributed by atoms with Gasteiger partial charge in [-0.3, -0.25) is 4.79 Å².